The van der Waals surface area contributed by atoms with Crippen molar-refractivity contribution >= 4 is 33.3 Å². The first kappa shape index (κ1) is 11.3. The molecule has 0 amide bonds. The number of aromatic hydroxyl groups is 1. The zero-order chi connectivity index (χ0) is 10.7. The molecule has 0 saturated carbocycles. The lowest BCUT2D eigenvalue weighted by Crippen LogP contribution is -2.02. The van der Waals surface area contributed by atoms with E-state index in [0.29, 0.717) is 10.0 Å². The number of ether oxygens (including phenoxy) is 1. The highest BCUT2D eigenvalue weighted by Gasteiger charge is 2.15. The van der Waals surface area contributed by atoms with Gasteiger partial charge in [0, 0.05) is 5.56 Å². The molecule has 1 aromatic rings. The number of benzene rings is 1. The Kier molecular flexibility index (Phi) is 3.77. The number of methoxy groups -OCH3 is 1. The van der Waals surface area contributed by atoms with Crippen LogP contribution in [0.5, 0.6) is 11.5 Å². The van der Waals surface area contributed by atoms with Gasteiger partial charge >= 0.3 is 0 Å². The maximum atomic E-state index is 11.3. The van der Waals surface area contributed by atoms with Crippen molar-refractivity contribution in [1.82, 2.24) is 0 Å². The van der Waals surface area contributed by atoms with Crippen LogP contribution < -0.4 is 4.74 Å². The maximum Gasteiger partial charge on any atom is 0.178 e. The number of ketones is 1. The van der Waals surface area contributed by atoms with Gasteiger partial charge in [0.15, 0.2) is 17.3 Å². The van der Waals surface area contributed by atoms with Crippen LogP contribution in [-0.4, -0.2) is 23.9 Å². The fourth-order valence-corrected chi connectivity index (χ4v) is 1.89. The average molecular weight is 280 g/mol. The fraction of sp³-hybridized carbons (Fsp3) is 0.222. The standard InChI is InChI=1S/C9H8BrClO3/c1-14-9-6(12)3-2-5(8(9)10)7(13)4-11/h2-3,12H,4H2,1H3. The third-order valence-electron chi connectivity index (χ3n) is 1.70. The van der Waals surface area contributed by atoms with Crippen molar-refractivity contribution in [2.75, 3.05) is 13.0 Å². The number of phenolic OH excluding ortho intramolecular Hbond substituents is 1. The SMILES string of the molecule is COc1c(O)ccc(C(=O)CCl)c1Br. The van der Waals surface area contributed by atoms with Crippen LogP contribution in [-0.2, 0) is 0 Å². The van der Waals surface area contributed by atoms with Gasteiger partial charge in [-0.15, -0.1) is 11.6 Å². The van der Waals surface area contributed by atoms with Crippen molar-refractivity contribution in [2.45, 2.75) is 0 Å². The zero-order valence-electron chi connectivity index (χ0n) is 7.38. The normalized spacial score (nSPS) is 9.93. The van der Waals surface area contributed by atoms with E-state index in [1.807, 2.05) is 0 Å². The fourth-order valence-electron chi connectivity index (χ4n) is 1.03. The molecule has 1 rings (SSSR count). The van der Waals surface area contributed by atoms with Crippen molar-refractivity contribution in [1.29, 1.82) is 0 Å². The Hall–Kier alpha value is -0.740. The largest absolute Gasteiger partial charge is 0.504 e. The van der Waals surface area contributed by atoms with Crippen LogP contribution in [0.1, 0.15) is 10.4 Å². The molecule has 5 heteroatoms. The molecule has 0 saturated heterocycles. The Bertz CT molecular complexity index is 365. The number of phenols is 1. The van der Waals surface area contributed by atoms with Crippen molar-refractivity contribution in [3.63, 3.8) is 0 Å². The summed E-state index contributed by atoms with van der Waals surface area (Å²) in [6.07, 6.45) is 0. The van der Waals surface area contributed by atoms with Crippen LogP contribution >= 0.6 is 27.5 Å². The van der Waals surface area contributed by atoms with E-state index in [0.717, 1.165) is 0 Å². The smallest absolute Gasteiger partial charge is 0.178 e. The van der Waals surface area contributed by atoms with Gasteiger partial charge in [-0.2, -0.15) is 0 Å². The molecule has 0 spiro atoms. The van der Waals surface area contributed by atoms with Gasteiger partial charge < -0.3 is 9.84 Å². The summed E-state index contributed by atoms with van der Waals surface area (Å²) in [5.74, 6) is -0.115. The maximum absolute atomic E-state index is 11.3. The number of hydrogen-bond acceptors (Lipinski definition) is 3. The number of carbonyl (C=O) groups is 1. The molecule has 0 aliphatic rings. The molecule has 0 aliphatic heterocycles. The van der Waals surface area contributed by atoms with Crippen molar-refractivity contribution in [3.05, 3.63) is 22.2 Å². The Morgan fingerprint density at radius 3 is 2.79 bits per heavy atom. The molecule has 1 N–H and O–H groups in total. The van der Waals surface area contributed by atoms with Gasteiger partial charge in [-0.25, -0.2) is 0 Å². The Labute approximate surface area is 94.8 Å². The minimum absolute atomic E-state index is 0.0227. The number of hydrogen-bond donors (Lipinski definition) is 1. The monoisotopic (exact) mass is 278 g/mol. The second-order valence-electron chi connectivity index (χ2n) is 2.54. The molecular weight excluding hydrogens is 271 g/mol. The molecular formula is C9H8BrClO3. The highest BCUT2D eigenvalue weighted by Crippen LogP contribution is 2.36. The Morgan fingerprint density at radius 2 is 2.29 bits per heavy atom. The first-order valence-corrected chi connectivity index (χ1v) is 5.09. The topological polar surface area (TPSA) is 46.5 Å². The molecule has 0 radical (unpaired) electrons. The second-order valence-corrected chi connectivity index (χ2v) is 3.60. The van der Waals surface area contributed by atoms with Crippen LogP contribution in [0.3, 0.4) is 0 Å². The summed E-state index contributed by atoms with van der Waals surface area (Å²) in [4.78, 5) is 11.3. The van der Waals surface area contributed by atoms with Gasteiger partial charge in [0.05, 0.1) is 17.5 Å². The molecule has 0 bridgehead atoms. The third-order valence-corrected chi connectivity index (χ3v) is 2.73. The summed E-state index contributed by atoms with van der Waals surface area (Å²) in [5.41, 5.74) is 0.398. The predicted octanol–water partition coefficient (Wildman–Crippen LogP) is 2.58. The van der Waals surface area contributed by atoms with Crippen molar-refractivity contribution in [2.24, 2.45) is 0 Å². The summed E-state index contributed by atoms with van der Waals surface area (Å²) >= 11 is 8.59. The van der Waals surface area contributed by atoms with E-state index in [2.05, 4.69) is 15.9 Å². The van der Waals surface area contributed by atoms with Crippen LogP contribution in [0.25, 0.3) is 0 Å². The third kappa shape index (κ3) is 2.01. The van der Waals surface area contributed by atoms with E-state index in [-0.39, 0.29) is 23.2 Å². The molecule has 0 fully saturated rings. The van der Waals surface area contributed by atoms with E-state index in [9.17, 15) is 9.90 Å². The molecule has 1 aromatic carbocycles. The number of alkyl halides is 1. The molecule has 0 atom stereocenters. The van der Waals surface area contributed by atoms with Crippen LogP contribution in [0.2, 0.25) is 0 Å². The highest BCUT2D eigenvalue weighted by molar-refractivity contribution is 9.10. The van der Waals surface area contributed by atoms with E-state index >= 15 is 0 Å². The summed E-state index contributed by atoms with van der Waals surface area (Å²) in [5, 5.41) is 9.37. The molecule has 0 heterocycles. The van der Waals surface area contributed by atoms with Gasteiger partial charge in [0.1, 0.15) is 0 Å². The van der Waals surface area contributed by atoms with Gasteiger partial charge in [-0.05, 0) is 28.1 Å². The van der Waals surface area contributed by atoms with E-state index in [1.165, 1.54) is 19.2 Å². The number of carbonyl (C=O) groups excluding carboxylic acids is 1. The first-order valence-electron chi connectivity index (χ1n) is 3.76. The first-order chi connectivity index (χ1) is 6.61. The lowest BCUT2D eigenvalue weighted by molar-refractivity contribution is 0.102. The minimum atomic E-state index is -0.225. The van der Waals surface area contributed by atoms with Crippen LogP contribution in [0.4, 0.5) is 0 Å². The van der Waals surface area contributed by atoms with Gasteiger partial charge in [0.25, 0.3) is 0 Å². The molecule has 0 aromatic heterocycles. The van der Waals surface area contributed by atoms with Gasteiger partial charge in [-0.1, -0.05) is 0 Å². The van der Waals surface area contributed by atoms with E-state index < -0.39 is 0 Å². The summed E-state index contributed by atoms with van der Waals surface area (Å²) < 4.78 is 5.34. The average Bonchev–Trinajstić information content (AvgIpc) is 2.18. The number of halogens is 2. The summed E-state index contributed by atoms with van der Waals surface area (Å²) in [7, 11) is 1.41. The predicted molar refractivity (Wildman–Crippen MR) is 57.4 cm³/mol. The zero-order valence-corrected chi connectivity index (χ0v) is 9.72. The summed E-state index contributed by atoms with van der Waals surface area (Å²) in [6, 6.07) is 2.88. The molecule has 76 valence electrons. The number of Topliss-reactive ketones (excluding diaryl/α,β-unsaturated/α-hetero) is 1. The summed E-state index contributed by atoms with van der Waals surface area (Å²) in [6.45, 7) is 0. The number of rotatable bonds is 3. The Morgan fingerprint density at radius 1 is 1.64 bits per heavy atom. The molecule has 14 heavy (non-hydrogen) atoms. The van der Waals surface area contributed by atoms with Crippen molar-refractivity contribution in [3.8, 4) is 11.5 Å². The highest BCUT2D eigenvalue weighted by atomic mass is 79.9. The lowest BCUT2D eigenvalue weighted by Gasteiger charge is -2.08. The quantitative estimate of drug-likeness (QED) is 0.683. The van der Waals surface area contributed by atoms with E-state index in [4.69, 9.17) is 16.3 Å². The van der Waals surface area contributed by atoms with Crippen LogP contribution in [0, 0.1) is 0 Å². The van der Waals surface area contributed by atoms with E-state index in [1.54, 1.807) is 0 Å². The molecule has 0 aliphatic carbocycles. The second kappa shape index (κ2) is 4.66. The molecule has 3 nitrogen and oxygen atoms in total. The van der Waals surface area contributed by atoms with Crippen molar-refractivity contribution < 1.29 is 14.6 Å². The van der Waals surface area contributed by atoms with Gasteiger partial charge in [0.2, 0.25) is 0 Å². The van der Waals surface area contributed by atoms with Crippen LogP contribution in [0.15, 0.2) is 16.6 Å². The lowest BCUT2D eigenvalue weighted by atomic mass is 10.1. The Balaban J connectivity index is 3.28. The molecule has 0 unspecified atom stereocenters. The van der Waals surface area contributed by atoms with Gasteiger partial charge in [-0.3, -0.25) is 4.79 Å². The minimum Gasteiger partial charge on any atom is -0.504 e.